The Hall–Kier alpha value is -3.33. The zero-order valence-electron chi connectivity index (χ0n) is 20.7. The van der Waals surface area contributed by atoms with Crippen LogP contribution in [0.2, 0.25) is 5.02 Å². The standard InChI is InChI=1S/C27H28ClF2N5O2/c1-15(36)34-8-5-16(6-9-34)20-11-17-4-3-7-35(23(17)13-21(20)25(29)30)26-24-18(10-19(28)14-32-24)12-22(33-26)27(37)31-2/h10-14,16,25H,3-9H2,1-2H3,(H,31,37). The number of likely N-dealkylation sites (tertiary alicyclic amines) is 1. The predicted molar refractivity (Wildman–Crippen MR) is 139 cm³/mol. The number of rotatable bonds is 4. The summed E-state index contributed by atoms with van der Waals surface area (Å²) in [5.41, 5.74) is 3.05. The maximum atomic E-state index is 14.4. The maximum Gasteiger partial charge on any atom is 0.269 e. The highest BCUT2D eigenvalue weighted by Crippen LogP contribution is 2.43. The van der Waals surface area contributed by atoms with Gasteiger partial charge in [0, 0.05) is 56.4 Å². The summed E-state index contributed by atoms with van der Waals surface area (Å²) in [5, 5.41) is 3.66. The van der Waals surface area contributed by atoms with E-state index in [1.807, 2.05) is 11.0 Å². The van der Waals surface area contributed by atoms with Crippen LogP contribution in [0.4, 0.5) is 20.3 Å². The third-order valence-electron chi connectivity index (χ3n) is 7.35. The Morgan fingerprint density at radius 2 is 1.89 bits per heavy atom. The highest BCUT2D eigenvalue weighted by atomic mass is 35.5. The largest absolute Gasteiger partial charge is 0.354 e. The van der Waals surface area contributed by atoms with Crippen LogP contribution in [0.3, 0.4) is 0 Å². The van der Waals surface area contributed by atoms with Gasteiger partial charge in [0.1, 0.15) is 11.2 Å². The van der Waals surface area contributed by atoms with Crippen molar-refractivity contribution in [2.24, 2.45) is 0 Å². The third-order valence-corrected chi connectivity index (χ3v) is 7.55. The van der Waals surface area contributed by atoms with Gasteiger partial charge in [0.15, 0.2) is 5.82 Å². The van der Waals surface area contributed by atoms with E-state index in [-0.39, 0.29) is 29.0 Å². The van der Waals surface area contributed by atoms with Crippen LogP contribution >= 0.6 is 11.6 Å². The third kappa shape index (κ3) is 4.84. The first kappa shape index (κ1) is 25.3. The van der Waals surface area contributed by atoms with Crippen LogP contribution in [-0.2, 0) is 11.2 Å². The molecule has 10 heteroatoms. The number of hydrogen-bond acceptors (Lipinski definition) is 5. The number of nitrogens with zero attached hydrogens (tertiary/aromatic N) is 4. The van der Waals surface area contributed by atoms with Crippen molar-refractivity contribution in [2.45, 2.75) is 45.0 Å². The fourth-order valence-corrected chi connectivity index (χ4v) is 5.63. The minimum absolute atomic E-state index is 0.00897. The van der Waals surface area contributed by atoms with Crippen LogP contribution in [0.15, 0.2) is 30.5 Å². The summed E-state index contributed by atoms with van der Waals surface area (Å²) in [6.07, 6.45) is 1.74. The molecule has 2 aromatic heterocycles. The lowest BCUT2D eigenvalue weighted by Gasteiger charge is -2.35. The summed E-state index contributed by atoms with van der Waals surface area (Å²) in [4.78, 5) is 37.0. The highest BCUT2D eigenvalue weighted by Gasteiger charge is 2.30. The molecular formula is C27H28ClF2N5O2. The molecule has 0 bridgehead atoms. The number of aryl methyl sites for hydroxylation is 1. The lowest BCUT2D eigenvalue weighted by atomic mass is 9.83. The Morgan fingerprint density at radius 3 is 2.57 bits per heavy atom. The van der Waals surface area contributed by atoms with Crippen LogP contribution in [0.5, 0.6) is 0 Å². The summed E-state index contributed by atoms with van der Waals surface area (Å²) < 4.78 is 28.8. The molecule has 0 unspecified atom stereocenters. The van der Waals surface area contributed by atoms with Crippen molar-refractivity contribution in [3.63, 3.8) is 0 Å². The number of pyridine rings is 2. The predicted octanol–water partition coefficient (Wildman–Crippen LogP) is 5.39. The molecular weight excluding hydrogens is 500 g/mol. The summed E-state index contributed by atoms with van der Waals surface area (Å²) in [7, 11) is 1.53. The summed E-state index contributed by atoms with van der Waals surface area (Å²) in [6.45, 7) is 3.23. The van der Waals surface area contributed by atoms with Gasteiger partial charge in [0.05, 0.1) is 5.02 Å². The van der Waals surface area contributed by atoms with E-state index in [1.165, 1.54) is 20.2 Å². The summed E-state index contributed by atoms with van der Waals surface area (Å²) in [6, 6.07) is 6.85. The van der Waals surface area contributed by atoms with Gasteiger partial charge in [-0.05, 0) is 60.9 Å². The number of alkyl halides is 2. The van der Waals surface area contributed by atoms with E-state index < -0.39 is 6.43 Å². The number of halogens is 3. The molecule has 4 heterocycles. The average Bonchev–Trinajstić information content (AvgIpc) is 2.90. The molecule has 0 saturated carbocycles. The van der Waals surface area contributed by atoms with Crippen molar-refractivity contribution in [1.29, 1.82) is 0 Å². The number of benzene rings is 1. The van der Waals surface area contributed by atoms with Gasteiger partial charge >= 0.3 is 0 Å². The zero-order valence-corrected chi connectivity index (χ0v) is 21.5. The van der Waals surface area contributed by atoms with Gasteiger partial charge in [0.25, 0.3) is 12.3 Å². The fraction of sp³-hybridized carbons (Fsp3) is 0.407. The number of aromatic nitrogens is 2. The molecule has 0 atom stereocenters. The Morgan fingerprint density at radius 1 is 1.14 bits per heavy atom. The number of nitrogens with one attached hydrogen (secondary N) is 1. The molecule has 2 aliphatic heterocycles. The van der Waals surface area contributed by atoms with Gasteiger partial charge < -0.3 is 15.1 Å². The Bertz CT molecular complexity index is 1370. The number of carbonyl (C=O) groups is 2. The van der Waals surface area contributed by atoms with E-state index >= 15 is 0 Å². The zero-order chi connectivity index (χ0) is 26.3. The van der Waals surface area contributed by atoms with Gasteiger partial charge in [-0.1, -0.05) is 17.7 Å². The molecule has 1 saturated heterocycles. The monoisotopic (exact) mass is 527 g/mol. The molecule has 2 aliphatic rings. The molecule has 3 aromatic rings. The van der Waals surface area contributed by atoms with Crippen LogP contribution < -0.4 is 10.2 Å². The van der Waals surface area contributed by atoms with E-state index in [4.69, 9.17) is 11.6 Å². The molecule has 37 heavy (non-hydrogen) atoms. The Labute approximate surface area is 218 Å². The highest BCUT2D eigenvalue weighted by molar-refractivity contribution is 6.31. The van der Waals surface area contributed by atoms with Gasteiger partial charge in [-0.2, -0.15) is 0 Å². The number of hydrogen-bond donors (Lipinski definition) is 1. The first-order valence-electron chi connectivity index (χ1n) is 12.4. The van der Waals surface area contributed by atoms with E-state index in [1.54, 1.807) is 23.1 Å². The average molecular weight is 528 g/mol. The number of anilines is 2. The second-order valence-corrected chi connectivity index (χ2v) is 10.0. The minimum Gasteiger partial charge on any atom is -0.354 e. The lowest BCUT2D eigenvalue weighted by Crippen LogP contribution is -2.36. The van der Waals surface area contributed by atoms with Crippen molar-refractivity contribution in [1.82, 2.24) is 20.2 Å². The van der Waals surface area contributed by atoms with Crippen LogP contribution in [0.1, 0.15) is 65.7 Å². The number of amides is 2. The molecule has 1 N–H and O–H groups in total. The van der Waals surface area contributed by atoms with Gasteiger partial charge in [-0.15, -0.1) is 0 Å². The van der Waals surface area contributed by atoms with Crippen LogP contribution in [0.25, 0.3) is 10.9 Å². The number of carbonyl (C=O) groups excluding carboxylic acids is 2. The lowest BCUT2D eigenvalue weighted by molar-refractivity contribution is -0.129. The smallest absolute Gasteiger partial charge is 0.269 e. The topological polar surface area (TPSA) is 78.4 Å². The molecule has 194 valence electrons. The Kier molecular flexibility index (Phi) is 6.98. The fourth-order valence-electron chi connectivity index (χ4n) is 5.47. The van der Waals surface area contributed by atoms with Crippen LogP contribution in [0, 0.1) is 0 Å². The molecule has 1 fully saturated rings. The summed E-state index contributed by atoms with van der Waals surface area (Å²) >= 11 is 6.17. The maximum absolute atomic E-state index is 14.4. The van der Waals surface area contributed by atoms with Crippen LogP contribution in [-0.4, -0.2) is 53.4 Å². The number of fused-ring (bicyclic) bond motifs is 2. The van der Waals surface area contributed by atoms with Crippen molar-refractivity contribution in [3.05, 3.63) is 57.9 Å². The van der Waals surface area contributed by atoms with E-state index in [2.05, 4.69) is 15.3 Å². The van der Waals surface area contributed by atoms with E-state index in [9.17, 15) is 18.4 Å². The molecule has 0 aliphatic carbocycles. The first-order chi connectivity index (χ1) is 17.8. The second-order valence-electron chi connectivity index (χ2n) is 9.58. The molecule has 7 nitrogen and oxygen atoms in total. The van der Waals surface area contributed by atoms with E-state index in [0.717, 1.165) is 18.4 Å². The summed E-state index contributed by atoms with van der Waals surface area (Å²) in [5.74, 6) is 0.0687. The second kappa shape index (κ2) is 10.2. The van der Waals surface area contributed by atoms with Crippen molar-refractivity contribution in [2.75, 3.05) is 31.6 Å². The molecule has 1 aromatic carbocycles. The SMILES string of the molecule is CNC(=O)c1cc2cc(Cl)cnc2c(N2CCCc3cc(C4CCN(C(C)=O)CC4)c(C(F)F)cc32)n1. The first-order valence-corrected chi connectivity index (χ1v) is 12.8. The molecule has 2 amide bonds. The van der Waals surface area contributed by atoms with Gasteiger partial charge in [-0.3, -0.25) is 14.6 Å². The van der Waals surface area contributed by atoms with Crippen molar-refractivity contribution in [3.8, 4) is 0 Å². The van der Waals surface area contributed by atoms with Gasteiger partial charge in [-0.25, -0.2) is 13.8 Å². The Balaban J connectivity index is 1.61. The van der Waals surface area contributed by atoms with Crippen molar-refractivity contribution < 1.29 is 18.4 Å². The molecule has 5 rings (SSSR count). The molecule has 0 radical (unpaired) electrons. The van der Waals surface area contributed by atoms with Gasteiger partial charge in [0.2, 0.25) is 5.91 Å². The minimum atomic E-state index is -2.64. The van der Waals surface area contributed by atoms with E-state index in [0.29, 0.717) is 65.5 Å². The molecule has 0 spiro atoms. The number of piperidine rings is 1. The normalized spacial score (nSPS) is 16.3. The van der Waals surface area contributed by atoms with Crippen molar-refractivity contribution >= 4 is 45.8 Å². The quantitative estimate of drug-likeness (QED) is 0.492.